The maximum atomic E-state index is 12.0. The molecule has 0 bridgehead atoms. The molecule has 0 fully saturated rings. The summed E-state index contributed by atoms with van der Waals surface area (Å²) >= 11 is 0. The minimum Gasteiger partial charge on any atom is -0.504 e. The molecule has 2 rings (SSSR count). The zero-order valence-electron chi connectivity index (χ0n) is 11.1. The van der Waals surface area contributed by atoms with E-state index in [9.17, 15) is 15.0 Å². The smallest absolute Gasteiger partial charge is 0.184 e. The molecule has 20 heavy (non-hydrogen) atoms. The largest absolute Gasteiger partial charge is 0.504 e. The van der Waals surface area contributed by atoms with Crippen LogP contribution in [0, 0.1) is 0 Å². The van der Waals surface area contributed by atoms with Crippen LogP contribution in [0.15, 0.2) is 48.1 Å². The number of aromatic hydroxyl groups is 1. The topological polar surface area (TPSA) is 66.8 Å². The molecule has 4 nitrogen and oxygen atoms in total. The van der Waals surface area contributed by atoms with E-state index in [1.807, 2.05) is 6.08 Å². The fourth-order valence-electron chi connectivity index (χ4n) is 1.94. The molecule has 0 heterocycles. The fraction of sp³-hybridized carbons (Fsp3) is 0.188. The van der Waals surface area contributed by atoms with Gasteiger partial charge in [0.25, 0.3) is 0 Å². The van der Waals surface area contributed by atoms with Crippen molar-refractivity contribution in [2.24, 2.45) is 0 Å². The van der Waals surface area contributed by atoms with Gasteiger partial charge in [0.2, 0.25) is 0 Å². The Morgan fingerprint density at radius 3 is 2.95 bits per heavy atom. The molecule has 0 amide bonds. The molecule has 104 valence electrons. The van der Waals surface area contributed by atoms with Gasteiger partial charge >= 0.3 is 0 Å². The molecule has 1 aliphatic rings. The van der Waals surface area contributed by atoms with Crippen LogP contribution >= 0.6 is 0 Å². The first-order valence-corrected chi connectivity index (χ1v) is 6.26. The summed E-state index contributed by atoms with van der Waals surface area (Å²) in [6.07, 6.45) is 7.97. The number of benzene rings is 1. The second kappa shape index (κ2) is 6.21. The van der Waals surface area contributed by atoms with Crippen molar-refractivity contribution in [3.05, 3.63) is 53.6 Å². The number of carbonyl (C=O) groups excluding carboxylic acids is 1. The monoisotopic (exact) mass is 272 g/mol. The van der Waals surface area contributed by atoms with E-state index < -0.39 is 6.10 Å². The van der Waals surface area contributed by atoms with Crippen LogP contribution in [0.4, 0.5) is 0 Å². The van der Waals surface area contributed by atoms with Gasteiger partial charge < -0.3 is 14.9 Å². The van der Waals surface area contributed by atoms with E-state index in [1.165, 1.54) is 19.3 Å². The highest BCUT2D eigenvalue weighted by Crippen LogP contribution is 2.26. The first kappa shape index (κ1) is 14.1. The summed E-state index contributed by atoms with van der Waals surface area (Å²) in [4.78, 5) is 12.0. The molecule has 0 radical (unpaired) electrons. The molecular formula is C16H16O4. The van der Waals surface area contributed by atoms with Crippen LogP contribution in [0.1, 0.15) is 12.0 Å². The number of ketones is 1. The minimum absolute atomic E-state index is 0.0477. The third-order valence-electron chi connectivity index (χ3n) is 3.03. The molecule has 4 heteroatoms. The summed E-state index contributed by atoms with van der Waals surface area (Å²) in [6, 6.07) is 4.80. The Hall–Kier alpha value is -2.33. The zero-order chi connectivity index (χ0) is 14.5. The molecule has 2 N–H and O–H groups in total. The molecule has 0 aliphatic heterocycles. The van der Waals surface area contributed by atoms with Crippen molar-refractivity contribution in [1.29, 1.82) is 0 Å². The molecule has 1 unspecified atom stereocenters. The van der Waals surface area contributed by atoms with Crippen LogP contribution in [0.2, 0.25) is 0 Å². The van der Waals surface area contributed by atoms with Gasteiger partial charge in [0.15, 0.2) is 17.3 Å². The van der Waals surface area contributed by atoms with Crippen molar-refractivity contribution >= 4 is 11.9 Å². The Labute approximate surface area is 117 Å². The van der Waals surface area contributed by atoms with Crippen molar-refractivity contribution in [2.45, 2.75) is 12.5 Å². The van der Waals surface area contributed by atoms with Gasteiger partial charge in [-0.15, -0.1) is 0 Å². The summed E-state index contributed by atoms with van der Waals surface area (Å²) in [5.41, 5.74) is 1.11. The van der Waals surface area contributed by atoms with Crippen molar-refractivity contribution in [3.8, 4) is 11.5 Å². The molecule has 0 spiro atoms. The first-order valence-electron chi connectivity index (χ1n) is 6.26. The predicted octanol–water partition coefficient (Wildman–Crippen LogP) is 2.23. The Balaban J connectivity index is 2.13. The van der Waals surface area contributed by atoms with Crippen molar-refractivity contribution in [3.63, 3.8) is 0 Å². The molecule has 0 saturated heterocycles. The van der Waals surface area contributed by atoms with E-state index in [2.05, 4.69) is 0 Å². The van der Waals surface area contributed by atoms with Crippen molar-refractivity contribution < 1.29 is 19.7 Å². The molecule has 1 aliphatic carbocycles. The standard InChI is InChI=1S/C16H16O4/c1-20-16-10-11(7-9-15(16)19)6-8-14(18)12-4-2-3-5-13(12)17/h3-10,13,17,19H,2H2,1H3. The van der Waals surface area contributed by atoms with E-state index in [1.54, 1.807) is 30.4 Å². The van der Waals surface area contributed by atoms with Crippen LogP contribution in [0.3, 0.4) is 0 Å². The number of aliphatic hydroxyl groups is 1. The van der Waals surface area contributed by atoms with Gasteiger partial charge in [-0.05, 0) is 30.2 Å². The Morgan fingerprint density at radius 2 is 2.25 bits per heavy atom. The van der Waals surface area contributed by atoms with Gasteiger partial charge in [-0.3, -0.25) is 4.79 Å². The number of rotatable bonds is 4. The lowest BCUT2D eigenvalue weighted by Gasteiger charge is -2.11. The highest BCUT2D eigenvalue weighted by molar-refractivity contribution is 6.07. The van der Waals surface area contributed by atoms with E-state index >= 15 is 0 Å². The maximum Gasteiger partial charge on any atom is 0.184 e. The Bertz CT molecular complexity index is 596. The van der Waals surface area contributed by atoms with Crippen molar-refractivity contribution in [2.75, 3.05) is 7.11 Å². The Morgan fingerprint density at radius 1 is 1.45 bits per heavy atom. The number of methoxy groups -OCH3 is 1. The van der Waals surface area contributed by atoms with Gasteiger partial charge in [0.05, 0.1) is 7.11 Å². The Kier molecular flexibility index (Phi) is 4.38. The zero-order valence-corrected chi connectivity index (χ0v) is 11.1. The number of ether oxygens (including phenoxy) is 1. The summed E-state index contributed by atoms with van der Waals surface area (Å²) in [5.74, 6) is 0.167. The minimum atomic E-state index is -0.838. The van der Waals surface area contributed by atoms with Crippen LogP contribution in [-0.2, 0) is 4.79 Å². The normalized spacial score (nSPS) is 18.1. The van der Waals surface area contributed by atoms with Crippen LogP contribution in [0.25, 0.3) is 6.08 Å². The first-order chi connectivity index (χ1) is 9.61. The lowest BCUT2D eigenvalue weighted by molar-refractivity contribution is -0.112. The van der Waals surface area contributed by atoms with Crippen molar-refractivity contribution in [1.82, 2.24) is 0 Å². The van der Waals surface area contributed by atoms with E-state index in [4.69, 9.17) is 4.74 Å². The summed E-state index contributed by atoms with van der Waals surface area (Å²) in [7, 11) is 1.46. The van der Waals surface area contributed by atoms with Crippen LogP contribution < -0.4 is 4.74 Å². The van der Waals surface area contributed by atoms with E-state index in [-0.39, 0.29) is 11.5 Å². The lowest BCUT2D eigenvalue weighted by Crippen LogP contribution is -2.16. The second-order valence-corrected chi connectivity index (χ2v) is 4.40. The number of phenols is 1. The van der Waals surface area contributed by atoms with E-state index in [0.717, 1.165) is 5.56 Å². The second-order valence-electron chi connectivity index (χ2n) is 4.40. The lowest BCUT2D eigenvalue weighted by atomic mass is 9.98. The molecule has 1 atom stereocenters. The van der Waals surface area contributed by atoms with Gasteiger partial charge in [-0.25, -0.2) is 0 Å². The molecule has 1 aromatic rings. The van der Waals surface area contributed by atoms with Gasteiger partial charge in [0.1, 0.15) is 6.10 Å². The SMILES string of the molecule is COc1cc(C=CC(=O)C2=CCC=CC2O)ccc1O. The average molecular weight is 272 g/mol. The third kappa shape index (κ3) is 3.16. The fourth-order valence-corrected chi connectivity index (χ4v) is 1.94. The summed E-state index contributed by atoms with van der Waals surface area (Å²) in [6.45, 7) is 0. The quantitative estimate of drug-likeness (QED) is 0.651. The summed E-state index contributed by atoms with van der Waals surface area (Å²) in [5, 5.41) is 19.2. The number of hydrogen-bond acceptors (Lipinski definition) is 4. The molecular weight excluding hydrogens is 256 g/mol. The number of carbonyl (C=O) groups is 1. The molecule has 1 aromatic carbocycles. The maximum absolute atomic E-state index is 12.0. The summed E-state index contributed by atoms with van der Waals surface area (Å²) < 4.78 is 5.00. The average Bonchev–Trinajstić information content (AvgIpc) is 2.46. The number of hydrogen-bond donors (Lipinski definition) is 2. The molecule has 0 aromatic heterocycles. The van der Waals surface area contributed by atoms with Gasteiger partial charge in [-0.2, -0.15) is 0 Å². The van der Waals surface area contributed by atoms with Crippen LogP contribution in [0.5, 0.6) is 11.5 Å². The van der Waals surface area contributed by atoms with E-state index in [0.29, 0.717) is 17.7 Å². The number of phenolic OH excluding ortho intramolecular Hbond substituents is 1. The molecule has 0 saturated carbocycles. The third-order valence-corrected chi connectivity index (χ3v) is 3.03. The van der Waals surface area contributed by atoms with Crippen LogP contribution in [-0.4, -0.2) is 29.2 Å². The highest BCUT2D eigenvalue weighted by Gasteiger charge is 2.15. The van der Waals surface area contributed by atoms with Gasteiger partial charge in [-0.1, -0.05) is 30.4 Å². The predicted molar refractivity (Wildman–Crippen MR) is 76.5 cm³/mol. The van der Waals surface area contributed by atoms with Gasteiger partial charge in [0, 0.05) is 5.57 Å². The number of allylic oxidation sites excluding steroid dienone is 3. The number of aliphatic hydroxyl groups excluding tert-OH is 1. The highest BCUT2D eigenvalue weighted by atomic mass is 16.5.